The quantitative estimate of drug-likeness (QED) is 0.0293. The highest BCUT2D eigenvalue weighted by molar-refractivity contribution is 5.33. The minimum absolute atomic E-state index is 0.266. The van der Waals surface area contributed by atoms with Crippen LogP contribution in [0.25, 0.3) is 0 Å². The first-order valence-electron chi connectivity index (χ1n) is 42.8. The summed E-state index contributed by atoms with van der Waals surface area (Å²) in [6.45, 7) is 45.2. The van der Waals surface area contributed by atoms with Crippen molar-refractivity contribution in [2.24, 2.45) is 23.2 Å². The number of unbranched alkanes of at least 4 members (excludes halogenated alkanes) is 1. The van der Waals surface area contributed by atoms with Crippen molar-refractivity contribution in [3.63, 3.8) is 0 Å². The van der Waals surface area contributed by atoms with Gasteiger partial charge in [-0.1, -0.05) is 235 Å². The Labute approximate surface area is 661 Å². The van der Waals surface area contributed by atoms with Gasteiger partial charge in [0.1, 0.15) is 34.5 Å². The summed E-state index contributed by atoms with van der Waals surface area (Å²) in [4.78, 5) is 0. The van der Waals surface area contributed by atoms with Gasteiger partial charge in [-0.05, 0) is 284 Å². The van der Waals surface area contributed by atoms with Crippen LogP contribution in [0.5, 0.6) is 34.5 Å². The molecule has 10 nitrogen and oxygen atoms in total. The number of aliphatic hydroxyl groups is 4. The Kier molecular flexibility index (Phi) is 51.0. The highest BCUT2D eigenvalue weighted by atomic mass is 16.5. The van der Waals surface area contributed by atoms with Crippen LogP contribution in [0.2, 0.25) is 0 Å². The van der Waals surface area contributed by atoms with Gasteiger partial charge in [-0.15, -0.1) is 0 Å². The van der Waals surface area contributed by atoms with Gasteiger partial charge in [0.15, 0.2) is 0 Å². The Morgan fingerprint density at radius 3 is 0.944 bits per heavy atom. The van der Waals surface area contributed by atoms with Crippen LogP contribution in [0.4, 0.5) is 0 Å². The van der Waals surface area contributed by atoms with Crippen LogP contribution in [0, 0.1) is 23.2 Å². The molecule has 0 spiro atoms. The van der Waals surface area contributed by atoms with Crippen LogP contribution in [0.3, 0.4) is 0 Å². The molecule has 4 N–H and O–H groups in total. The second kappa shape index (κ2) is 56.2. The summed E-state index contributed by atoms with van der Waals surface area (Å²) >= 11 is 0. The number of hydrogen-bond acceptors (Lipinski definition) is 10. The molecular weight excluding hydrogens is 1340 g/mol. The summed E-state index contributed by atoms with van der Waals surface area (Å²) in [5, 5.41) is 41.4. The molecule has 1 aliphatic carbocycles. The van der Waals surface area contributed by atoms with Crippen molar-refractivity contribution in [3.05, 3.63) is 179 Å². The Balaban J connectivity index is 0.000000441. The maximum absolute atomic E-state index is 10.8. The van der Waals surface area contributed by atoms with E-state index in [-0.39, 0.29) is 11.8 Å². The lowest BCUT2D eigenvalue weighted by molar-refractivity contribution is -0.0534. The molecule has 0 amide bonds. The zero-order valence-corrected chi connectivity index (χ0v) is 72.1. The number of aryl methyl sites for hydroxylation is 6. The summed E-state index contributed by atoms with van der Waals surface area (Å²) in [5.74, 6) is 7.12. The molecule has 10 heteroatoms. The van der Waals surface area contributed by atoms with E-state index in [0.29, 0.717) is 5.41 Å². The van der Waals surface area contributed by atoms with Crippen molar-refractivity contribution in [2.75, 3.05) is 39.6 Å². The van der Waals surface area contributed by atoms with Gasteiger partial charge in [0.05, 0.1) is 62.0 Å². The summed E-state index contributed by atoms with van der Waals surface area (Å²) in [6, 6.07) is 50.0. The lowest BCUT2D eigenvalue weighted by Gasteiger charge is -2.36. The van der Waals surface area contributed by atoms with Gasteiger partial charge in [0, 0.05) is 0 Å². The zero-order valence-electron chi connectivity index (χ0n) is 72.1. The normalized spacial score (nSPS) is 13.1. The molecule has 1 unspecified atom stereocenters. The number of hydrogen-bond donors (Lipinski definition) is 4. The van der Waals surface area contributed by atoms with Gasteiger partial charge >= 0.3 is 0 Å². The molecule has 1 saturated carbocycles. The highest BCUT2D eigenvalue weighted by Crippen LogP contribution is 2.36. The Morgan fingerprint density at radius 2 is 0.657 bits per heavy atom. The van der Waals surface area contributed by atoms with Crippen LogP contribution < -0.4 is 28.4 Å². The summed E-state index contributed by atoms with van der Waals surface area (Å²) < 4.78 is 33.8. The molecule has 0 radical (unpaired) electrons. The van der Waals surface area contributed by atoms with Crippen molar-refractivity contribution in [3.8, 4) is 34.5 Å². The first-order chi connectivity index (χ1) is 51.6. The molecule has 0 heterocycles. The van der Waals surface area contributed by atoms with E-state index >= 15 is 0 Å². The molecule has 0 aliphatic heterocycles. The van der Waals surface area contributed by atoms with Crippen LogP contribution >= 0.6 is 0 Å². The first kappa shape index (κ1) is 98.0. The van der Waals surface area contributed by atoms with E-state index in [1.165, 1.54) is 84.7 Å². The molecule has 0 saturated heterocycles. The fourth-order valence-corrected chi connectivity index (χ4v) is 12.9. The van der Waals surface area contributed by atoms with Crippen molar-refractivity contribution in [2.45, 2.75) is 340 Å². The monoisotopic (exact) mass is 1500 g/mol. The Morgan fingerprint density at radius 1 is 0.352 bits per heavy atom. The third-order valence-electron chi connectivity index (χ3n) is 21.0. The molecule has 0 bridgehead atoms. The van der Waals surface area contributed by atoms with Gasteiger partial charge in [-0.2, -0.15) is 0 Å². The third-order valence-corrected chi connectivity index (χ3v) is 21.0. The molecule has 610 valence electrons. The van der Waals surface area contributed by atoms with Gasteiger partial charge < -0.3 is 48.8 Å². The molecule has 0 aromatic heterocycles. The maximum atomic E-state index is 10.8. The van der Waals surface area contributed by atoms with Crippen LogP contribution in [0.1, 0.15) is 313 Å². The number of benzene rings is 6. The first-order valence-corrected chi connectivity index (χ1v) is 42.8. The van der Waals surface area contributed by atoms with E-state index in [4.69, 9.17) is 28.4 Å². The lowest BCUT2D eigenvalue weighted by Crippen LogP contribution is -2.41. The van der Waals surface area contributed by atoms with Crippen LogP contribution in [-0.4, -0.2) is 82.5 Å². The second-order valence-electron chi connectivity index (χ2n) is 32.5. The SMILES string of the molecule is CCCCC(O)(CC)CCc1cccc(OCCC)c1.CCCOc1cccc(CCC(C)(C)O)c1.CCCOc1cccc(CCC(C)(CC)CC)c1.CCCOc1cccc(CCC(O)(C(C)C)C(C)C)c1.CCCOc1cccc(CCC2(O)CCCC2)c1.CCCOc1cccc(CCCC(C)C)c1. The third kappa shape index (κ3) is 44.1. The average molecular weight is 1500 g/mol. The van der Waals surface area contributed by atoms with Gasteiger partial charge in [0.2, 0.25) is 0 Å². The summed E-state index contributed by atoms with van der Waals surface area (Å²) in [5.41, 5.74) is 6.16. The van der Waals surface area contributed by atoms with Gasteiger partial charge in [0.25, 0.3) is 0 Å². The smallest absolute Gasteiger partial charge is 0.119 e. The van der Waals surface area contributed by atoms with Crippen molar-refractivity contribution < 1.29 is 48.8 Å². The fourth-order valence-electron chi connectivity index (χ4n) is 12.9. The average Bonchev–Trinajstić information content (AvgIpc) is 1.23. The van der Waals surface area contributed by atoms with Crippen molar-refractivity contribution in [1.29, 1.82) is 0 Å². The minimum Gasteiger partial charge on any atom is -0.494 e. The molecule has 1 aliphatic rings. The Bertz CT molecular complexity index is 3110. The van der Waals surface area contributed by atoms with Gasteiger partial charge in [-0.25, -0.2) is 0 Å². The van der Waals surface area contributed by atoms with E-state index < -0.39 is 22.4 Å². The number of ether oxygens (including phenoxy) is 6. The molecule has 1 atom stereocenters. The molecule has 1 fully saturated rings. The van der Waals surface area contributed by atoms with Gasteiger partial charge in [-0.3, -0.25) is 0 Å². The largest absolute Gasteiger partial charge is 0.494 e. The molecular formula is C98H158O10. The predicted octanol–water partition coefficient (Wildman–Crippen LogP) is 25.8. The Hall–Kier alpha value is -6.04. The van der Waals surface area contributed by atoms with E-state index in [0.717, 1.165) is 215 Å². The predicted molar refractivity (Wildman–Crippen MR) is 461 cm³/mol. The maximum Gasteiger partial charge on any atom is 0.119 e. The molecule has 7 rings (SSSR count). The standard InChI is InChI=1S/2C18H30O2.C17H28O.C16H24O2.C15H24O.C14H22O2/c1-6-12-20-17-9-7-8-16(13-17)10-11-18(19,14(2)3)15(4)5;1-4-7-12-18(19,6-3)13-11-16-9-8-10-17(15-16)20-14-5-2;1-5-13-18-16-10-8-9-15(14-16)11-12-17(4,6-2)7-3;1-2-12-18-15-7-5-6-14(13-15)8-11-16(17)9-3-4-10-16;1-4-11-16-15-10-6-9-14(12-15)8-5-7-13(2)3;1-4-10-16-13-7-5-6-12(11-13)8-9-14(2,3)15/h7-9,13-15,19H,6,10-12H2,1-5H3;8-10,15,19H,4-7,11-14H2,1-3H3;8-10,14H,5-7,11-13H2,1-4H3;5-7,13,17H,2-4,8-12H2,1H3;6,9-10,12-13H,4-5,7-8,11H2,1-3H3;5-7,11,15H,4,8-10H2,1-3H3. The van der Waals surface area contributed by atoms with E-state index in [1.807, 2.05) is 68.4 Å². The summed E-state index contributed by atoms with van der Waals surface area (Å²) in [7, 11) is 0. The fraction of sp³-hybridized carbons (Fsp3) is 0.633. The van der Waals surface area contributed by atoms with Crippen molar-refractivity contribution in [1.82, 2.24) is 0 Å². The molecule has 6 aromatic rings. The minimum atomic E-state index is -0.597. The molecule has 108 heavy (non-hydrogen) atoms. The molecule has 6 aromatic carbocycles. The topological polar surface area (TPSA) is 136 Å². The number of rotatable bonds is 45. The van der Waals surface area contributed by atoms with Crippen LogP contribution in [-0.2, 0) is 38.5 Å². The van der Waals surface area contributed by atoms with E-state index in [1.54, 1.807) is 0 Å². The van der Waals surface area contributed by atoms with E-state index in [2.05, 4.69) is 209 Å². The highest BCUT2D eigenvalue weighted by Gasteiger charge is 2.34. The zero-order chi connectivity index (χ0) is 80.1. The summed E-state index contributed by atoms with van der Waals surface area (Å²) in [6.07, 6.45) is 30.1. The second-order valence-corrected chi connectivity index (χ2v) is 32.5. The van der Waals surface area contributed by atoms with Crippen LogP contribution in [0.15, 0.2) is 146 Å². The van der Waals surface area contributed by atoms with E-state index in [9.17, 15) is 20.4 Å². The lowest BCUT2D eigenvalue weighted by atomic mass is 9.76. The van der Waals surface area contributed by atoms with Crippen molar-refractivity contribution >= 4 is 0 Å².